The van der Waals surface area contributed by atoms with Crippen LogP contribution in [0.5, 0.6) is 5.75 Å². The number of sulfonamides is 2. The van der Waals surface area contributed by atoms with E-state index in [0.29, 0.717) is 5.75 Å². The molecule has 1 heterocycles. The first kappa shape index (κ1) is 22.7. The van der Waals surface area contributed by atoms with E-state index >= 15 is 0 Å². The largest absolute Gasteiger partial charge is 0.491 e. The third-order valence-corrected chi connectivity index (χ3v) is 8.81. The number of hydrogen-bond acceptors (Lipinski definition) is 5. The molecule has 0 unspecified atom stereocenters. The van der Waals surface area contributed by atoms with Gasteiger partial charge in [0, 0.05) is 26.2 Å². The number of benzene rings is 2. The van der Waals surface area contributed by atoms with Crippen molar-refractivity contribution in [2.24, 2.45) is 0 Å². The standard InChI is InChI=1S/C21H28N2O5S2/c1-16(2)28-21-10-9-20(15-18(21)4)30(26,27)23-13-11-22(12-14-23)29(24,25)19-7-5-17(3)6-8-19/h5-10,15-16H,11-14H2,1-4H3. The molecule has 1 fully saturated rings. The summed E-state index contributed by atoms with van der Waals surface area (Å²) in [7, 11) is -7.35. The summed E-state index contributed by atoms with van der Waals surface area (Å²) in [6.07, 6.45) is -0.00490. The lowest BCUT2D eigenvalue weighted by atomic mass is 10.2. The van der Waals surface area contributed by atoms with Crippen molar-refractivity contribution in [1.29, 1.82) is 0 Å². The molecule has 0 radical (unpaired) electrons. The Morgan fingerprint density at radius 1 is 0.767 bits per heavy atom. The van der Waals surface area contributed by atoms with Gasteiger partial charge in [0.2, 0.25) is 20.0 Å². The van der Waals surface area contributed by atoms with Crippen LogP contribution in [0.4, 0.5) is 0 Å². The van der Waals surface area contributed by atoms with Crippen molar-refractivity contribution in [1.82, 2.24) is 8.61 Å². The van der Waals surface area contributed by atoms with Gasteiger partial charge in [-0.25, -0.2) is 16.8 Å². The maximum atomic E-state index is 13.1. The van der Waals surface area contributed by atoms with Gasteiger partial charge in [-0.15, -0.1) is 0 Å². The average Bonchev–Trinajstić information content (AvgIpc) is 2.69. The second-order valence-corrected chi connectivity index (χ2v) is 11.6. The fourth-order valence-electron chi connectivity index (χ4n) is 3.33. The van der Waals surface area contributed by atoms with E-state index in [0.717, 1.165) is 11.1 Å². The van der Waals surface area contributed by atoms with Crippen molar-refractivity contribution >= 4 is 20.0 Å². The molecule has 0 spiro atoms. The van der Waals surface area contributed by atoms with Crippen molar-refractivity contribution in [3.8, 4) is 5.75 Å². The van der Waals surface area contributed by atoms with Gasteiger partial charge >= 0.3 is 0 Å². The lowest BCUT2D eigenvalue weighted by Crippen LogP contribution is -2.50. The molecule has 1 aliphatic heterocycles. The molecule has 0 amide bonds. The van der Waals surface area contributed by atoms with Crippen LogP contribution in [0.3, 0.4) is 0 Å². The molecule has 164 valence electrons. The van der Waals surface area contributed by atoms with E-state index in [1.165, 1.54) is 14.7 Å². The van der Waals surface area contributed by atoms with E-state index in [1.54, 1.807) is 36.4 Å². The van der Waals surface area contributed by atoms with Gasteiger partial charge in [-0.1, -0.05) is 17.7 Å². The van der Waals surface area contributed by atoms with E-state index in [4.69, 9.17) is 4.74 Å². The van der Waals surface area contributed by atoms with Crippen LogP contribution in [0.1, 0.15) is 25.0 Å². The number of hydrogen-bond donors (Lipinski definition) is 0. The average molecular weight is 453 g/mol. The number of ether oxygens (including phenoxy) is 1. The number of nitrogens with zero attached hydrogens (tertiary/aromatic N) is 2. The summed E-state index contributed by atoms with van der Waals surface area (Å²) >= 11 is 0. The van der Waals surface area contributed by atoms with Gasteiger partial charge in [0.25, 0.3) is 0 Å². The normalized spacial score (nSPS) is 16.7. The summed E-state index contributed by atoms with van der Waals surface area (Å²) < 4.78 is 60.1. The van der Waals surface area contributed by atoms with Crippen LogP contribution in [0.25, 0.3) is 0 Å². The predicted molar refractivity (Wildman–Crippen MR) is 116 cm³/mol. The Kier molecular flexibility index (Phi) is 6.57. The molecule has 1 aliphatic rings. The molecule has 30 heavy (non-hydrogen) atoms. The Bertz CT molecular complexity index is 1100. The van der Waals surface area contributed by atoms with Gasteiger partial charge in [0.1, 0.15) is 5.75 Å². The van der Waals surface area contributed by atoms with Crippen molar-refractivity contribution in [2.75, 3.05) is 26.2 Å². The smallest absolute Gasteiger partial charge is 0.243 e. The molecule has 3 rings (SSSR count). The maximum absolute atomic E-state index is 13.1. The molecule has 0 bridgehead atoms. The zero-order valence-electron chi connectivity index (χ0n) is 17.7. The number of piperazine rings is 1. The molecule has 0 aromatic heterocycles. The third-order valence-electron chi connectivity index (χ3n) is 5.00. The second kappa shape index (κ2) is 8.66. The molecule has 1 saturated heterocycles. The minimum atomic E-state index is -3.71. The van der Waals surface area contributed by atoms with Crippen LogP contribution < -0.4 is 4.74 Å². The Balaban J connectivity index is 1.74. The van der Waals surface area contributed by atoms with Gasteiger partial charge in [-0.05, 0) is 63.6 Å². The summed E-state index contributed by atoms with van der Waals surface area (Å²) in [5, 5.41) is 0. The Hall–Kier alpha value is -1.94. The van der Waals surface area contributed by atoms with E-state index in [9.17, 15) is 16.8 Å². The Morgan fingerprint density at radius 2 is 1.23 bits per heavy atom. The maximum Gasteiger partial charge on any atom is 0.243 e. The Morgan fingerprint density at radius 3 is 1.70 bits per heavy atom. The molecule has 0 N–H and O–H groups in total. The highest BCUT2D eigenvalue weighted by molar-refractivity contribution is 7.89. The van der Waals surface area contributed by atoms with Crippen molar-refractivity contribution < 1.29 is 21.6 Å². The van der Waals surface area contributed by atoms with E-state index in [2.05, 4.69) is 0 Å². The lowest BCUT2D eigenvalue weighted by molar-refractivity contribution is 0.240. The summed E-state index contributed by atoms with van der Waals surface area (Å²) in [5.41, 5.74) is 1.72. The van der Waals surface area contributed by atoms with Crippen LogP contribution in [0, 0.1) is 13.8 Å². The molecule has 0 atom stereocenters. The highest BCUT2D eigenvalue weighted by Crippen LogP contribution is 2.26. The molecule has 2 aromatic rings. The fourth-order valence-corrected chi connectivity index (χ4v) is 6.26. The molecule has 9 heteroatoms. The zero-order valence-corrected chi connectivity index (χ0v) is 19.3. The predicted octanol–water partition coefficient (Wildman–Crippen LogP) is 2.79. The second-order valence-electron chi connectivity index (χ2n) is 7.72. The Labute approximate surface area is 179 Å². The van der Waals surface area contributed by atoms with Crippen LogP contribution >= 0.6 is 0 Å². The molecule has 2 aromatic carbocycles. The van der Waals surface area contributed by atoms with Crippen LogP contribution in [0.2, 0.25) is 0 Å². The highest BCUT2D eigenvalue weighted by Gasteiger charge is 2.33. The highest BCUT2D eigenvalue weighted by atomic mass is 32.2. The molecular weight excluding hydrogens is 424 g/mol. The number of aryl methyl sites for hydroxylation is 2. The third kappa shape index (κ3) is 4.69. The lowest BCUT2D eigenvalue weighted by Gasteiger charge is -2.33. The first-order valence-corrected chi connectivity index (χ1v) is 12.7. The fraction of sp³-hybridized carbons (Fsp3) is 0.429. The van der Waals surface area contributed by atoms with Crippen molar-refractivity contribution in [2.45, 2.75) is 43.6 Å². The topological polar surface area (TPSA) is 84.0 Å². The summed E-state index contributed by atoms with van der Waals surface area (Å²) in [4.78, 5) is 0.409. The summed E-state index contributed by atoms with van der Waals surface area (Å²) in [6.45, 7) is 7.97. The first-order chi connectivity index (χ1) is 14.0. The van der Waals surface area contributed by atoms with Gasteiger partial charge in [-0.2, -0.15) is 8.61 Å². The van der Waals surface area contributed by atoms with Crippen LogP contribution in [-0.2, 0) is 20.0 Å². The molecular formula is C21H28N2O5S2. The van der Waals surface area contributed by atoms with Crippen molar-refractivity contribution in [3.05, 3.63) is 53.6 Å². The minimum absolute atomic E-state index is 0.00490. The van der Waals surface area contributed by atoms with Crippen molar-refractivity contribution in [3.63, 3.8) is 0 Å². The zero-order chi connectivity index (χ0) is 22.1. The first-order valence-electron chi connectivity index (χ1n) is 9.86. The van der Waals surface area contributed by atoms with Crippen LogP contribution in [-0.4, -0.2) is 57.7 Å². The SMILES string of the molecule is Cc1ccc(S(=O)(=O)N2CCN(S(=O)(=O)c3ccc(OC(C)C)c(C)c3)CC2)cc1. The molecule has 0 aliphatic carbocycles. The summed E-state index contributed by atoms with van der Waals surface area (Å²) in [6, 6.07) is 11.5. The van der Waals surface area contributed by atoms with Crippen LogP contribution in [0.15, 0.2) is 52.3 Å². The monoisotopic (exact) mass is 452 g/mol. The van der Waals surface area contributed by atoms with Gasteiger partial charge in [0.05, 0.1) is 15.9 Å². The van der Waals surface area contributed by atoms with E-state index in [-0.39, 0.29) is 42.1 Å². The van der Waals surface area contributed by atoms with Gasteiger partial charge in [0.15, 0.2) is 0 Å². The molecule has 0 saturated carbocycles. The minimum Gasteiger partial charge on any atom is -0.491 e. The summed E-state index contributed by atoms with van der Waals surface area (Å²) in [5.74, 6) is 0.651. The number of rotatable bonds is 6. The van der Waals surface area contributed by atoms with Gasteiger partial charge < -0.3 is 4.74 Å². The van der Waals surface area contributed by atoms with E-state index < -0.39 is 20.0 Å². The van der Waals surface area contributed by atoms with Gasteiger partial charge in [-0.3, -0.25) is 0 Å². The quantitative estimate of drug-likeness (QED) is 0.673. The molecule has 7 nitrogen and oxygen atoms in total. The van der Waals surface area contributed by atoms with E-state index in [1.807, 2.05) is 27.7 Å².